The second kappa shape index (κ2) is 18.2. The van der Waals surface area contributed by atoms with E-state index in [0.29, 0.717) is 60.6 Å². The number of nitrogens with zero attached hydrogens (tertiary/aromatic N) is 1. The number of nitrogen functional groups attached to an aromatic ring is 2. The molecule has 2 aromatic carbocycles. The third kappa shape index (κ3) is 10.3. The maximum Gasteiger partial charge on any atom is 0.409 e. The molecule has 2 fully saturated rings. The summed E-state index contributed by atoms with van der Waals surface area (Å²) in [6.07, 6.45) is 4.19. The number of amides is 3. The summed E-state index contributed by atoms with van der Waals surface area (Å²) in [4.78, 5) is 53.7. The van der Waals surface area contributed by atoms with Gasteiger partial charge in [-0.05, 0) is 55.2 Å². The van der Waals surface area contributed by atoms with Crippen molar-refractivity contribution in [2.45, 2.75) is 88.1 Å². The standard InChI is InChI=1S/C39H50ClN5O10/c1-22-30-21-39(50,44-38(49)54-30)31(52-4)12-8-5-7-11-23-17-27(34(40)28(18-23)51-3)45(2)32(46)20-29(36-35(22)55-36)53-33(47)13-9-6-10-16-43-37(48)24-14-15-25(41)26(42)19-24/h5,7-8,12,14-15,17-19,22,29-31,35-36,50H,6,9-11,13,16,20-21,41-42H2,1-4H3,(H,43,48)(H,44,49)/b7-5+,12-8+/t22-,29+,30+,31-,35+,36+,39+/m1/s1. The Bertz CT molecular complexity index is 1810. The molecule has 3 aliphatic rings. The van der Waals surface area contributed by atoms with Gasteiger partial charge in [0.25, 0.3) is 5.91 Å². The van der Waals surface area contributed by atoms with Crippen molar-refractivity contribution in [1.82, 2.24) is 10.6 Å². The highest BCUT2D eigenvalue weighted by Crippen LogP contribution is 2.41. The Morgan fingerprint density at radius 1 is 1.09 bits per heavy atom. The first-order chi connectivity index (χ1) is 26.2. The molecule has 7 N–H and O–H groups in total. The van der Waals surface area contributed by atoms with E-state index in [1.54, 1.807) is 49.5 Å². The van der Waals surface area contributed by atoms with Crippen LogP contribution < -0.4 is 31.7 Å². The molecule has 2 saturated heterocycles. The van der Waals surface area contributed by atoms with Crippen LogP contribution in [0.5, 0.6) is 5.75 Å². The second-order valence-corrected chi connectivity index (χ2v) is 14.4. The molecule has 3 amide bonds. The van der Waals surface area contributed by atoms with E-state index in [2.05, 4.69) is 10.6 Å². The van der Waals surface area contributed by atoms with Gasteiger partial charge in [-0.2, -0.15) is 0 Å². The topological polar surface area (TPSA) is 217 Å². The summed E-state index contributed by atoms with van der Waals surface area (Å²) in [6, 6.07) is 8.25. The van der Waals surface area contributed by atoms with E-state index in [0.717, 1.165) is 5.56 Å². The molecule has 0 radical (unpaired) electrons. The smallest absolute Gasteiger partial charge is 0.409 e. The Morgan fingerprint density at radius 2 is 1.87 bits per heavy atom. The SMILES string of the molecule is COc1cc2cc(c1Cl)N(C)C(=O)C[C@H](OC(=O)CCCCCNC(=O)c1ccc(N)c(N)c1)[C@@H]1O[C@H]1[C@H](C)[C@@H]1C[C@@](O)(NC(=O)O1)[C@H](OC)/C=C/C=C/C2. The van der Waals surface area contributed by atoms with Crippen LogP contribution in [0.2, 0.25) is 5.02 Å². The van der Waals surface area contributed by atoms with Crippen molar-refractivity contribution in [3.05, 3.63) is 70.8 Å². The summed E-state index contributed by atoms with van der Waals surface area (Å²) < 4.78 is 28.7. The normalized spacial score (nSPS) is 27.9. The van der Waals surface area contributed by atoms with Crippen molar-refractivity contribution < 1.29 is 48.0 Å². The zero-order chi connectivity index (χ0) is 39.9. The number of ether oxygens (including phenoxy) is 5. The molecular weight excluding hydrogens is 734 g/mol. The molecule has 0 aliphatic carbocycles. The number of benzene rings is 2. The van der Waals surface area contributed by atoms with Gasteiger partial charge in [0.15, 0.2) is 5.72 Å². The van der Waals surface area contributed by atoms with Crippen molar-refractivity contribution in [3.63, 3.8) is 0 Å². The van der Waals surface area contributed by atoms with Crippen molar-refractivity contribution in [3.8, 4) is 5.75 Å². The number of esters is 1. The van der Waals surface area contributed by atoms with Crippen molar-refractivity contribution in [2.75, 3.05) is 44.2 Å². The fourth-order valence-corrected chi connectivity index (χ4v) is 7.12. The van der Waals surface area contributed by atoms with Crippen LogP contribution in [0.1, 0.15) is 61.4 Å². The van der Waals surface area contributed by atoms with E-state index >= 15 is 0 Å². The summed E-state index contributed by atoms with van der Waals surface area (Å²) in [5.41, 5.74) is 12.1. The molecule has 0 unspecified atom stereocenters. The number of allylic oxidation sites excluding steroid dienone is 3. The molecule has 3 aliphatic heterocycles. The predicted molar refractivity (Wildman–Crippen MR) is 206 cm³/mol. The molecule has 0 saturated carbocycles. The Morgan fingerprint density at radius 3 is 2.60 bits per heavy atom. The van der Waals surface area contributed by atoms with Crippen molar-refractivity contribution in [1.29, 1.82) is 0 Å². The number of rotatable bonds is 10. The Labute approximate surface area is 325 Å². The average molecular weight is 784 g/mol. The second-order valence-electron chi connectivity index (χ2n) is 14.0. The molecule has 2 aromatic rings. The lowest BCUT2D eigenvalue weighted by Gasteiger charge is -2.41. The molecule has 16 heteroatoms. The minimum atomic E-state index is -1.80. The maximum absolute atomic E-state index is 13.9. The van der Waals surface area contributed by atoms with Crippen LogP contribution >= 0.6 is 11.6 Å². The van der Waals surface area contributed by atoms with E-state index in [1.165, 1.54) is 25.2 Å². The van der Waals surface area contributed by atoms with E-state index in [-0.39, 0.29) is 36.1 Å². The summed E-state index contributed by atoms with van der Waals surface area (Å²) >= 11 is 6.69. The quantitative estimate of drug-likeness (QED) is 0.0999. The number of anilines is 3. The zero-order valence-corrected chi connectivity index (χ0v) is 32.2. The molecule has 0 aromatic heterocycles. The van der Waals surface area contributed by atoms with Crippen molar-refractivity contribution >= 4 is 52.5 Å². The lowest BCUT2D eigenvalue weighted by Crippen LogP contribution is -2.63. The monoisotopic (exact) mass is 783 g/mol. The lowest BCUT2D eigenvalue weighted by atomic mass is 9.87. The molecule has 5 rings (SSSR count). The highest BCUT2D eigenvalue weighted by molar-refractivity contribution is 6.35. The third-order valence-electron chi connectivity index (χ3n) is 10.1. The molecule has 0 spiro atoms. The Hall–Kier alpha value is -4.83. The van der Waals surface area contributed by atoms with E-state index in [1.807, 2.05) is 13.0 Å². The van der Waals surface area contributed by atoms with Crippen molar-refractivity contribution in [2.24, 2.45) is 5.92 Å². The average Bonchev–Trinajstić information content (AvgIpc) is 3.95. The summed E-state index contributed by atoms with van der Waals surface area (Å²) in [5.74, 6) is -1.27. The summed E-state index contributed by atoms with van der Waals surface area (Å²) in [6.45, 7) is 2.20. The first-order valence-corrected chi connectivity index (χ1v) is 18.6. The first-order valence-electron chi connectivity index (χ1n) is 18.2. The van der Waals surface area contributed by atoms with Gasteiger partial charge in [0.2, 0.25) is 5.91 Å². The van der Waals surface area contributed by atoms with Gasteiger partial charge in [0.1, 0.15) is 35.2 Å². The van der Waals surface area contributed by atoms with Gasteiger partial charge in [0.05, 0.1) is 36.7 Å². The Balaban J connectivity index is 1.30. The molecule has 7 atom stereocenters. The maximum atomic E-state index is 13.9. The van der Waals surface area contributed by atoms with Gasteiger partial charge in [-0.1, -0.05) is 49.2 Å². The molecule has 298 valence electrons. The predicted octanol–water partition coefficient (Wildman–Crippen LogP) is 4.04. The van der Waals surface area contributed by atoms with Gasteiger partial charge in [-0.25, -0.2) is 4.79 Å². The van der Waals surface area contributed by atoms with Crippen LogP contribution in [-0.2, 0) is 35.0 Å². The molecule has 4 bridgehead atoms. The number of aliphatic hydroxyl groups is 1. The summed E-state index contributed by atoms with van der Waals surface area (Å²) in [5, 5.41) is 17.2. The number of nitrogens with one attached hydrogen (secondary N) is 2. The van der Waals surface area contributed by atoms with Gasteiger partial charge in [-0.15, -0.1) is 0 Å². The number of carbonyl (C=O) groups excluding carboxylic acids is 4. The van der Waals surface area contributed by atoms with Crippen LogP contribution in [0, 0.1) is 5.92 Å². The van der Waals surface area contributed by atoms with Crippen LogP contribution in [0.4, 0.5) is 21.9 Å². The largest absolute Gasteiger partial charge is 0.495 e. The number of hydrogen-bond donors (Lipinski definition) is 5. The van der Waals surface area contributed by atoms with Crippen LogP contribution in [0.15, 0.2) is 54.6 Å². The molecular formula is C39H50ClN5O10. The minimum absolute atomic E-state index is 0.0240. The van der Waals surface area contributed by atoms with E-state index in [9.17, 15) is 24.3 Å². The molecule has 15 nitrogen and oxygen atoms in total. The van der Waals surface area contributed by atoms with Gasteiger partial charge >= 0.3 is 12.1 Å². The summed E-state index contributed by atoms with van der Waals surface area (Å²) in [7, 11) is 4.50. The highest BCUT2D eigenvalue weighted by Gasteiger charge is 2.56. The lowest BCUT2D eigenvalue weighted by molar-refractivity contribution is -0.151. The van der Waals surface area contributed by atoms with E-state index in [4.69, 9.17) is 46.8 Å². The first kappa shape index (κ1) is 41.3. The number of methoxy groups -OCH3 is 2. The van der Waals surface area contributed by atoms with Gasteiger partial charge in [-0.3, -0.25) is 19.7 Å². The number of hydrogen-bond acceptors (Lipinski definition) is 12. The van der Waals surface area contributed by atoms with Crippen LogP contribution in [-0.4, -0.2) is 93.0 Å². The van der Waals surface area contributed by atoms with Gasteiger partial charge < -0.3 is 50.5 Å². The minimum Gasteiger partial charge on any atom is -0.495 e. The highest BCUT2D eigenvalue weighted by atomic mass is 35.5. The fraction of sp³-hybridized carbons (Fsp3) is 0.487. The fourth-order valence-electron chi connectivity index (χ4n) is 6.81. The molecule has 55 heavy (non-hydrogen) atoms. The number of alkyl carbamates (subject to hydrolysis) is 1. The number of carbonyl (C=O) groups is 4. The zero-order valence-electron chi connectivity index (χ0n) is 31.4. The number of unbranched alkanes of at least 4 members (excludes halogenated alkanes) is 2. The van der Waals surface area contributed by atoms with Crippen LogP contribution in [0.25, 0.3) is 0 Å². The van der Waals surface area contributed by atoms with E-state index < -0.39 is 54.2 Å². The molecule has 3 heterocycles. The Kier molecular flexibility index (Phi) is 13.7. The van der Waals surface area contributed by atoms with Gasteiger partial charge in [0, 0.05) is 45.0 Å². The third-order valence-corrected chi connectivity index (χ3v) is 10.5. The number of epoxide rings is 1. The number of fused-ring (bicyclic) bond motifs is 5. The number of nitrogens with two attached hydrogens (primary N) is 2. The number of halogens is 1. The van der Waals surface area contributed by atoms with Crippen LogP contribution in [0.3, 0.4) is 0 Å².